The van der Waals surface area contributed by atoms with E-state index in [2.05, 4.69) is 10.1 Å². The van der Waals surface area contributed by atoms with Gasteiger partial charge in [-0.3, -0.25) is 14.6 Å². The van der Waals surface area contributed by atoms with Crippen LogP contribution in [-0.2, 0) is 17.6 Å². The molecule has 0 bridgehead atoms. The Hall–Kier alpha value is -2.34. The van der Waals surface area contributed by atoms with Crippen molar-refractivity contribution in [2.75, 3.05) is 7.05 Å². The summed E-state index contributed by atoms with van der Waals surface area (Å²) in [6, 6.07) is 5.52. The molecule has 1 aliphatic carbocycles. The molecule has 23 heavy (non-hydrogen) atoms. The summed E-state index contributed by atoms with van der Waals surface area (Å²) in [7, 11) is 1.59. The Labute approximate surface area is 137 Å². The van der Waals surface area contributed by atoms with E-state index in [1.165, 1.54) is 26.8 Å². The maximum Gasteiger partial charge on any atom is 0.259 e. The number of rotatable bonds is 3. The molecule has 5 nitrogen and oxygen atoms in total. The number of amides is 1. The van der Waals surface area contributed by atoms with Gasteiger partial charge in [-0.15, -0.1) is 11.3 Å². The third-order valence-corrected chi connectivity index (χ3v) is 5.58. The smallest absolute Gasteiger partial charge is 0.259 e. The number of carbonyl (C=O) groups is 2. The number of thiophene rings is 1. The van der Waals surface area contributed by atoms with Crippen LogP contribution in [0.2, 0.25) is 0 Å². The normalized spacial score (nSPS) is 19.9. The topological polar surface area (TPSA) is 62.6 Å². The summed E-state index contributed by atoms with van der Waals surface area (Å²) in [5.41, 5.74) is 2.54. The molecule has 116 valence electrons. The van der Waals surface area contributed by atoms with Crippen LogP contribution in [0.5, 0.6) is 0 Å². The molecule has 0 fully saturated rings. The van der Waals surface area contributed by atoms with Gasteiger partial charge in [-0.1, -0.05) is 0 Å². The van der Waals surface area contributed by atoms with Crippen LogP contribution >= 0.6 is 11.3 Å². The van der Waals surface area contributed by atoms with Crippen molar-refractivity contribution in [3.8, 4) is 0 Å². The van der Waals surface area contributed by atoms with Crippen molar-refractivity contribution in [2.24, 2.45) is 11.0 Å². The molecule has 0 saturated carbocycles. The first kappa shape index (κ1) is 14.3. The van der Waals surface area contributed by atoms with Crippen molar-refractivity contribution in [3.05, 3.63) is 51.5 Å². The molecule has 2 aromatic heterocycles. The minimum Gasteiger partial charge on any atom is -0.292 e. The van der Waals surface area contributed by atoms with E-state index in [1.54, 1.807) is 31.6 Å². The lowest BCUT2D eigenvalue weighted by Crippen LogP contribution is -2.31. The molecule has 0 spiro atoms. The fraction of sp³-hybridized carbons (Fsp3) is 0.294. The van der Waals surface area contributed by atoms with Crippen molar-refractivity contribution < 1.29 is 9.59 Å². The fourth-order valence-electron chi connectivity index (χ4n) is 3.15. The summed E-state index contributed by atoms with van der Waals surface area (Å²) in [5, 5.41) is 5.55. The third kappa shape index (κ3) is 2.30. The maximum absolute atomic E-state index is 13.0. The average Bonchev–Trinajstić information content (AvgIpc) is 3.22. The van der Waals surface area contributed by atoms with E-state index in [-0.39, 0.29) is 11.7 Å². The van der Waals surface area contributed by atoms with Crippen LogP contribution in [-0.4, -0.2) is 34.4 Å². The lowest BCUT2D eigenvalue weighted by molar-refractivity contribution is -0.129. The van der Waals surface area contributed by atoms with Crippen molar-refractivity contribution in [2.45, 2.75) is 19.3 Å². The van der Waals surface area contributed by atoms with E-state index >= 15 is 0 Å². The SMILES string of the molecule is CN1N=C(c2ccncc2)[C@H](C(=O)c2cc3c(s2)CCC3)C1=O. The summed E-state index contributed by atoms with van der Waals surface area (Å²) >= 11 is 1.53. The van der Waals surface area contributed by atoms with Crippen molar-refractivity contribution >= 4 is 28.7 Å². The van der Waals surface area contributed by atoms with Gasteiger partial charge in [0.15, 0.2) is 5.78 Å². The zero-order valence-corrected chi connectivity index (χ0v) is 13.5. The van der Waals surface area contributed by atoms with Gasteiger partial charge in [-0.2, -0.15) is 5.10 Å². The number of hydrogen-bond acceptors (Lipinski definition) is 5. The fourth-order valence-corrected chi connectivity index (χ4v) is 4.37. The average molecular weight is 325 g/mol. The first-order valence-corrected chi connectivity index (χ1v) is 8.39. The molecule has 0 aromatic carbocycles. The summed E-state index contributed by atoms with van der Waals surface area (Å²) in [5.74, 6) is -1.26. The van der Waals surface area contributed by atoms with Crippen molar-refractivity contribution in [1.82, 2.24) is 9.99 Å². The molecule has 2 aliphatic rings. The van der Waals surface area contributed by atoms with Gasteiger partial charge in [-0.25, -0.2) is 5.01 Å². The lowest BCUT2D eigenvalue weighted by atomic mass is 9.92. The lowest BCUT2D eigenvalue weighted by Gasteiger charge is -2.09. The molecular weight excluding hydrogens is 310 g/mol. The molecule has 1 amide bonds. The second-order valence-corrected chi connectivity index (χ2v) is 6.93. The summed E-state index contributed by atoms with van der Waals surface area (Å²) < 4.78 is 0. The molecule has 2 aromatic rings. The Morgan fingerprint density at radius 1 is 1.30 bits per heavy atom. The van der Waals surface area contributed by atoms with Crippen LogP contribution in [0.1, 0.15) is 32.1 Å². The molecule has 3 heterocycles. The van der Waals surface area contributed by atoms with Gasteiger partial charge >= 0.3 is 0 Å². The van der Waals surface area contributed by atoms with Gasteiger partial charge in [0.2, 0.25) is 0 Å². The van der Waals surface area contributed by atoms with E-state index in [0.29, 0.717) is 10.6 Å². The Bertz CT molecular complexity index is 804. The third-order valence-electron chi connectivity index (χ3n) is 4.32. The highest BCUT2D eigenvalue weighted by atomic mass is 32.1. The van der Waals surface area contributed by atoms with E-state index in [0.717, 1.165) is 24.8 Å². The number of nitrogens with zero attached hydrogens (tertiary/aromatic N) is 3. The standard InChI is InChI=1S/C17H15N3O2S/c1-20-17(22)14(15(19-20)10-5-7-18-8-6-10)16(21)13-9-11-3-2-4-12(11)23-13/h5-9,14H,2-4H2,1H3/t14-/m1/s1. The van der Waals surface area contributed by atoms with E-state index in [4.69, 9.17) is 0 Å². The number of carbonyl (C=O) groups excluding carboxylic acids is 2. The van der Waals surface area contributed by atoms with Crippen LogP contribution in [0.4, 0.5) is 0 Å². The largest absolute Gasteiger partial charge is 0.292 e. The Balaban J connectivity index is 1.71. The zero-order chi connectivity index (χ0) is 16.0. The second-order valence-electron chi connectivity index (χ2n) is 5.79. The monoisotopic (exact) mass is 325 g/mol. The molecule has 0 saturated heterocycles. The molecule has 0 unspecified atom stereocenters. The van der Waals surface area contributed by atoms with Gasteiger partial charge < -0.3 is 0 Å². The number of pyridine rings is 1. The number of Topliss-reactive ketones (excluding diaryl/α,β-unsaturated/α-hetero) is 1. The van der Waals surface area contributed by atoms with Crippen LogP contribution in [0.3, 0.4) is 0 Å². The quantitative estimate of drug-likeness (QED) is 0.642. The van der Waals surface area contributed by atoms with Gasteiger partial charge in [0.1, 0.15) is 5.92 Å². The predicted molar refractivity (Wildman–Crippen MR) is 87.7 cm³/mol. The van der Waals surface area contributed by atoms with Crippen LogP contribution in [0.15, 0.2) is 35.7 Å². The van der Waals surface area contributed by atoms with Gasteiger partial charge in [0, 0.05) is 29.9 Å². The number of aryl methyl sites for hydroxylation is 2. The number of hydrogen-bond donors (Lipinski definition) is 0. The molecule has 0 radical (unpaired) electrons. The van der Waals surface area contributed by atoms with Crippen molar-refractivity contribution in [3.63, 3.8) is 0 Å². The van der Waals surface area contributed by atoms with E-state index in [9.17, 15) is 9.59 Å². The molecule has 0 N–H and O–H groups in total. The molecule has 1 aliphatic heterocycles. The maximum atomic E-state index is 13.0. The van der Waals surface area contributed by atoms with E-state index < -0.39 is 5.92 Å². The predicted octanol–water partition coefficient (Wildman–Crippen LogP) is 2.31. The Kier molecular flexibility index (Phi) is 3.34. The van der Waals surface area contributed by atoms with Gasteiger partial charge in [0.05, 0.1) is 10.6 Å². The summed E-state index contributed by atoms with van der Waals surface area (Å²) in [4.78, 5) is 31.4. The molecular formula is C17H15N3O2S. The molecule has 6 heteroatoms. The van der Waals surface area contributed by atoms with Gasteiger partial charge in [0.25, 0.3) is 5.91 Å². The number of aromatic nitrogens is 1. The highest BCUT2D eigenvalue weighted by Gasteiger charge is 2.41. The number of fused-ring (bicyclic) bond motifs is 1. The molecule has 4 rings (SSSR count). The first-order chi connectivity index (χ1) is 11.1. The van der Waals surface area contributed by atoms with Gasteiger partial charge in [-0.05, 0) is 43.0 Å². The number of hydrazone groups is 1. The highest BCUT2D eigenvalue weighted by Crippen LogP contribution is 2.33. The summed E-state index contributed by atoms with van der Waals surface area (Å²) in [6.07, 6.45) is 6.51. The minimum atomic E-state index is -0.846. The highest BCUT2D eigenvalue weighted by molar-refractivity contribution is 7.14. The first-order valence-electron chi connectivity index (χ1n) is 7.57. The second kappa shape index (κ2) is 5.38. The Morgan fingerprint density at radius 2 is 2.09 bits per heavy atom. The Morgan fingerprint density at radius 3 is 2.83 bits per heavy atom. The van der Waals surface area contributed by atoms with Crippen molar-refractivity contribution in [1.29, 1.82) is 0 Å². The van der Waals surface area contributed by atoms with E-state index in [1.807, 2.05) is 6.07 Å². The summed E-state index contributed by atoms with van der Waals surface area (Å²) in [6.45, 7) is 0. The van der Waals surface area contributed by atoms with Crippen LogP contribution < -0.4 is 0 Å². The zero-order valence-electron chi connectivity index (χ0n) is 12.7. The molecule has 1 atom stereocenters. The van der Waals surface area contributed by atoms with Crippen LogP contribution in [0.25, 0.3) is 0 Å². The number of ketones is 1. The van der Waals surface area contributed by atoms with Crippen LogP contribution in [0, 0.1) is 5.92 Å². The minimum absolute atomic E-state index is 0.144.